The second kappa shape index (κ2) is 8.37. The molecule has 1 fully saturated rings. The van der Waals surface area contributed by atoms with Crippen molar-refractivity contribution in [2.45, 2.75) is 30.8 Å². The Labute approximate surface area is 168 Å². The van der Waals surface area contributed by atoms with E-state index in [1.165, 1.54) is 25.2 Å². The van der Waals surface area contributed by atoms with Gasteiger partial charge < -0.3 is 13.9 Å². The number of piperidine rings is 1. The molecule has 1 saturated heterocycles. The second-order valence-electron chi connectivity index (χ2n) is 6.84. The molecule has 6 nitrogen and oxygen atoms in total. The lowest BCUT2D eigenvalue weighted by atomic mass is 9.98. The van der Waals surface area contributed by atoms with Crippen LogP contribution in [-0.2, 0) is 34.1 Å². The molecule has 2 aromatic rings. The maximum absolute atomic E-state index is 13.4. The van der Waals surface area contributed by atoms with E-state index in [2.05, 4.69) is 0 Å². The molecule has 0 spiro atoms. The van der Waals surface area contributed by atoms with E-state index in [0.717, 1.165) is 4.57 Å². The van der Waals surface area contributed by atoms with Crippen molar-refractivity contribution < 1.29 is 27.3 Å². The van der Waals surface area contributed by atoms with Gasteiger partial charge in [0.05, 0.1) is 35.0 Å². The first-order valence-corrected chi connectivity index (χ1v) is 10.3. The fourth-order valence-electron chi connectivity index (χ4n) is 3.45. The number of halogens is 3. The molecule has 0 amide bonds. The van der Waals surface area contributed by atoms with Gasteiger partial charge in [-0.1, -0.05) is 0 Å². The summed E-state index contributed by atoms with van der Waals surface area (Å²) in [5.41, 5.74) is -1.69. The van der Waals surface area contributed by atoms with Gasteiger partial charge in [-0.2, -0.15) is 13.2 Å². The lowest BCUT2D eigenvalue weighted by Crippen LogP contribution is -2.40. The number of fused-ring (bicyclic) bond motifs is 1. The molecule has 2 heterocycles. The van der Waals surface area contributed by atoms with Crippen molar-refractivity contribution in [2.75, 3.05) is 19.7 Å². The maximum Gasteiger partial charge on any atom is 0.417 e. The van der Waals surface area contributed by atoms with Crippen molar-refractivity contribution in [3.05, 3.63) is 40.2 Å². The molecule has 1 aliphatic rings. The van der Waals surface area contributed by atoms with E-state index < -0.39 is 28.7 Å². The van der Waals surface area contributed by atoms with Crippen LogP contribution in [0.25, 0.3) is 10.9 Å². The first-order valence-electron chi connectivity index (χ1n) is 9.18. The summed E-state index contributed by atoms with van der Waals surface area (Å²) >= 11 is -1.68. The number of rotatable bonds is 4. The van der Waals surface area contributed by atoms with Crippen LogP contribution in [0.1, 0.15) is 25.3 Å². The number of aryl methyl sites for hydroxylation is 1. The van der Waals surface area contributed by atoms with Gasteiger partial charge in [-0.15, -0.1) is 4.31 Å². The highest BCUT2D eigenvalue weighted by Crippen LogP contribution is 2.35. The lowest BCUT2D eigenvalue weighted by Gasteiger charge is -2.30. The quantitative estimate of drug-likeness (QED) is 0.551. The smallest absolute Gasteiger partial charge is 0.417 e. The fourth-order valence-corrected chi connectivity index (χ4v) is 4.69. The topological polar surface area (TPSA) is 74.6 Å². The predicted octanol–water partition coefficient (Wildman–Crippen LogP) is 2.86. The first kappa shape index (κ1) is 21.7. The van der Waals surface area contributed by atoms with Gasteiger partial charge in [-0.3, -0.25) is 9.59 Å². The summed E-state index contributed by atoms with van der Waals surface area (Å²) in [6.07, 6.45) is -3.76. The summed E-state index contributed by atoms with van der Waals surface area (Å²) in [6.45, 7) is 2.76. The number of carbonyl (C=O) groups excluding carboxylic acids is 1. The zero-order valence-electron chi connectivity index (χ0n) is 16.0. The number of benzene rings is 1. The Morgan fingerprint density at radius 1 is 1.28 bits per heavy atom. The number of ether oxygens (including phenoxy) is 1. The van der Waals surface area contributed by atoms with Crippen LogP contribution >= 0.6 is 0 Å². The third kappa shape index (κ3) is 4.44. The van der Waals surface area contributed by atoms with Gasteiger partial charge in [0.1, 0.15) is 0 Å². The molecule has 0 bridgehead atoms. The van der Waals surface area contributed by atoms with Gasteiger partial charge in [-0.05, 0) is 31.9 Å². The zero-order chi connectivity index (χ0) is 21.3. The number of hydrogen-bond acceptors (Lipinski definition) is 5. The van der Waals surface area contributed by atoms with E-state index in [0.29, 0.717) is 38.6 Å². The van der Waals surface area contributed by atoms with Crippen LogP contribution in [0.5, 0.6) is 0 Å². The SMILES string of the molecule is CCOC(=O)C1CCN([S+]([O-])c2ccc3c(c2)c(C(F)(F)F)cc(=O)n3C)CC1. The summed E-state index contributed by atoms with van der Waals surface area (Å²) < 4.78 is 61.0. The minimum absolute atomic E-state index is 0.117. The Balaban J connectivity index is 1.88. The first-order chi connectivity index (χ1) is 13.6. The van der Waals surface area contributed by atoms with Crippen molar-refractivity contribution in [1.82, 2.24) is 8.87 Å². The summed E-state index contributed by atoms with van der Waals surface area (Å²) in [6, 6.07) is 4.63. The van der Waals surface area contributed by atoms with E-state index in [9.17, 15) is 27.3 Å². The molecule has 0 aliphatic carbocycles. The monoisotopic (exact) mass is 430 g/mol. The summed E-state index contributed by atoms with van der Waals surface area (Å²) in [5, 5.41) is -0.174. The zero-order valence-corrected chi connectivity index (χ0v) is 16.8. The highest BCUT2D eigenvalue weighted by atomic mass is 32.2. The van der Waals surface area contributed by atoms with Crippen molar-refractivity contribution >= 4 is 28.2 Å². The van der Waals surface area contributed by atoms with Gasteiger partial charge in [0, 0.05) is 37.7 Å². The van der Waals surface area contributed by atoms with Crippen LogP contribution in [0.2, 0.25) is 0 Å². The fraction of sp³-hybridized carbons (Fsp3) is 0.474. The molecule has 1 aliphatic heterocycles. The van der Waals surface area contributed by atoms with Crippen LogP contribution in [-0.4, -0.2) is 39.1 Å². The van der Waals surface area contributed by atoms with Crippen molar-refractivity contribution in [3.8, 4) is 0 Å². The number of alkyl halides is 3. The van der Waals surface area contributed by atoms with E-state index in [4.69, 9.17) is 4.74 Å². The molecular weight excluding hydrogens is 409 g/mol. The van der Waals surface area contributed by atoms with Gasteiger partial charge >= 0.3 is 12.1 Å². The Bertz CT molecular complexity index is 968. The number of esters is 1. The van der Waals surface area contributed by atoms with Crippen LogP contribution < -0.4 is 5.56 Å². The third-order valence-corrected chi connectivity index (χ3v) is 6.52. The van der Waals surface area contributed by atoms with Gasteiger partial charge in [0.15, 0.2) is 4.90 Å². The van der Waals surface area contributed by atoms with Crippen LogP contribution in [0.15, 0.2) is 34.0 Å². The molecule has 10 heteroatoms. The molecule has 29 heavy (non-hydrogen) atoms. The average Bonchev–Trinajstić information content (AvgIpc) is 2.69. The minimum atomic E-state index is -4.70. The molecule has 158 valence electrons. The average molecular weight is 430 g/mol. The van der Waals surface area contributed by atoms with Crippen molar-refractivity contribution in [2.24, 2.45) is 13.0 Å². The standard InChI is InChI=1S/C19H21F3N2O4S/c1-3-28-18(26)12-6-8-24(9-7-12)29(27)13-4-5-16-14(10-13)15(19(20,21)22)11-17(25)23(16)2/h4-5,10-12H,3,6-9H2,1-2H3. The molecule has 1 aromatic heterocycles. The number of pyridine rings is 1. The number of hydrogen-bond donors (Lipinski definition) is 0. The maximum atomic E-state index is 13.4. The molecule has 1 unspecified atom stereocenters. The Morgan fingerprint density at radius 3 is 2.52 bits per heavy atom. The van der Waals surface area contributed by atoms with Gasteiger partial charge in [0.25, 0.3) is 5.56 Å². The van der Waals surface area contributed by atoms with E-state index >= 15 is 0 Å². The second-order valence-corrected chi connectivity index (χ2v) is 8.32. The summed E-state index contributed by atoms with van der Waals surface area (Å²) in [4.78, 5) is 23.9. The molecule has 0 saturated carbocycles. The molecular formula is C19H21F3N2O4S. The molecule has 1 aromatic carbocycles. The summed E-state index contributed by atoms with van der Waals surface area (Å²) in [7, 11) is 1.39. The summed E-state index contributed by atoms with van der Waals surface area (Å²) in [5.74, 6) is -0.537. The van der Waals surface area contributed by atoms with Crippen molar-refractivity contribution in [3.63, 3.8) is 0 Å². The molecule has 0 radical (unpaired) electrons. The third-order valence-electron chi connectivity index (χ3n) is 5.03. The van der Waals surface area contributed by atoms with E-state index in [1.54, 1.807) is 11.2 Å². The highest BCUT2D eigenvalue weighted by Gasteiger charge is 2.36. The Morgan fingerprint density at radius 2 is 1.93 bits per heavy atom. The predicted molar refractivity (Wildman–Crippen MR) is 102 cm³/mol. The van der Waals surface area contributed by atoms with Crippen molar-refractivity contribution in [1.29, 1.82) is 0 Å². The minimum Gasteiger partial charge on any atom is -0.593 e. The van der Waals surface area contributed by atoms with Crippen LogP contribution in [0, 0.1) is 5.92 Å². The highest BCUT2D eigenvalue weighted by molar-refractivity contribution is 7.89. The van der Waals surface area contributed by atoms with E-state index in [1.807, 2.05) is 0 Å². The Kier molecular flexibility index (Phi) is 6.25. The molecule has 1 atom stereocenters. The number of carbonyl (C=O) groups is 1. The normalized spacial score (nSPS) is 17.4. The van der Waals surface area contributed by atoms with Gasteiger partial charge in [0.2, 0.25) is 0 Å². The number of aromatic nitrogens is 1. The largest absolute Gasteiger partial charge is 0.593 e. The lowest BCUT2D eigenvalue weighted by molar-refractivity contribution is -0.149. The van der Waals surface area contributed by atoms with Crippen LogP contribution in [0.3, 0.4) is 0 Å². The Hall–Kier alpha value is -2.04. The van der Waals surface area contributed by atoms with Gasteiger partial charge in [-0.25, -0.2) is 0 Å². The van der Waals surface area contributed by atoms with E-state index in [-0.39, 0.29) is 27.7 Å². The van der Waals surface area contributed by atoms with Crippen LogP contribution in [0.4, 0.5) is 13.2 Å². The molecule has 3 rings (SSSR count). The molecule has 0 N–H and O–H groups in total. The number of nitrogens with zero attached hydrogens (tertiary/aromatic N) is 2.